The van der Waals surface area contributed by atoms with Crippen molar-refractivity contribution in [3.05, 3.63) is 26.0 Å². The average molecular weight is 166 g/mol. The van der Waals surface area contributed by atoms with E-state index in [4.69, 9.17) is 16.1 Å². The van der Waals surface area contributed by atoms with E-state index >= 15 is 0 Å². The first-order valence-corrected chi connectivity index (χ1v) is 3.24. The molecule has 0 unspecified atom stereocenters. The highest BCUT2D eigenvalue weighted by Gasteiger charge is 2.24. The maximum absolute atomic E-state index is 10.7. The fourth-order valence-corrected chi connectivity index (χ4v) is 0.942. The highest BCUT2D eigenvalue weighted by atomic mass is 16.3. The molecule has 0 aliphatic heterocycles. The van der Waals surface area contributed by atoms with Gasteiger partial charge in [0.25, 0.3) is 5.43 Å². The Labute approximate surface area is 67.4 Å². The third-order valence-corrected chi connectivity index (χ3v) is 1.60. The van der Waals surface area contributed by atoms with Crippen molar-refractivity contribution in [2.45, 2.75) is 12.5 Å². The number of hydrogen-bond acceptors (Lipinski definition) is 5. The number of nitrogens with zero attached hydrogens (tertiary/aromatic N) is 1. The Balaban J connectivity index is 3.01. The topological polar surface area (TPSA) is 104 Å². The van der Waals surface area contributed by atoms with Gasteiger partial charge in [0.05, 0.1) is 24.1 Å². The minimum atomic E-state index is -0.918. The molecule has 0 saturated heterocycles. The van der Waals surface area contributed by atoms with Gasteiger partial charge in [-0.3, -0.25) is 9.59 Å². The summed E-state index contributed by atoms with van der Waals surface area (Å²) in [5, 5.41) is 17.1. The molecule has 0 amide bonds. The maximum Gasteiger partial charge on any atom is 0.268 e. The Morgan fingerprint density at radius 2 is 2.08 bits per heavy atom. The van der Waals surface area contributed by atoms with E-state index in [0.717, 1.165) is 0 Å². The highest BCUT2D eigenvalue weighted by molar-refractivity contribution is 5.40. The predicted molar refractivity (Wildman–Crippen MR) is 40.2 cm³/mol. The first-order chi connectivity index (χ1) is 5.59. The van der Waals surface area contributed by atoms with Gasteiger partial charge in [0.15, 0.2) is 5.75 Å². The standard InChI is InChI=1S/C7H6N2O3/c8-2-1-3(9)4-5(10)7(12)6(4)11/h3,10H,1,9H2/t3-/m1/s1. The molecule has 0 radical (unpaired) electrons. The summed E-state index contributed by atoms with van der Waals surface area (Å²) in [4.78, 5) is 21.2. The van der Waals surface area contributed by atoms with Crippen LogP contribution in [-0.2, 0) is 0 Å². The molecule has 0 saturated carbocycles. The molecular weight excluding hydrogens is 160 g/mol. The molecule has 3 N–H and O–H groups in total. The monoisotopic (exact) mass is 166 g/mol. The van der Waals surface area contributed by atoms with E-state index in [9.17, 15) is 9.59 Å². The normalized spacial score (nSPS) is 12.7. The summed E-state index contributed by atoms with van der Waals surface area (Å²) in [6.07, 6.45) is -0.0849. The Kier molecular flexibility index (Phi) is 1.93. The number of nitriles is 1. The van der Waals surface area contributed by atoms with Gasteiger partial charge in [-0.05, 0) is 0 Å². The van der Waals surface area contributed by atoms with Gasteiger partial charge in [-0.15, -0.1) is 0 Å². The molecule has 0 aliphatic rings. The second-order valence-electron chi connectivity index (χ2n) is 2.39. The summed E-state index contributed by atoms with van der Waals surface area (Å²) in [6.45, 7) is 0. The van der Waals surface area contributed by atoms with E-state index in [1.165, 1.54) is 0 Å². The lowest BCUT2D eigenvalue weighted by molar-refractivity contribution is 0.446. The van der Waals surface area contributed by atoms with Crippen molar-refractivity contribution in [2.75, 3.05) is 0 Å². The van der Waals surface area contributed by atoms with Crippen LogP contribution in [0, 0.1) is 11.3 Å². The van der Waals surface area contributed by atoms with Crippen molar-refractivity contribution in [3.63, 3.8) is 0 Å². The number of rotatable bonds is 2. The predicted octanol–water partition coefficient (Wildman–Crippen LogP) is -1.10. The van der Waals surface area contributed by atoms with Crippen LogP contribution in [0.2, 0.25) is 0 Å². The molecule has 0 bridgehead atoms. The van der Waals surface area contributed by atoms with E-state index in [2.05, 4.69) is 0 Å². The summed E-state index contributed by atoms with van der Waals surface area (Å²) in [5.74, 6) is -0.595. The van der Waals surface area contributed by atoms with Crippen molar-refractivity contribution < 1.29 is 5.11 Å². The van der Waals surface area contributed by atoms with Gasteiger partial charge in [0, 0.05) is 0 Å². The van der Waals surface area contributed by atoms with Gasteiger partial charge in [-0.2, -0.15) is 5.26 Å². The highest BCUT2D eigenvalue weighted by Crippen LogP contribution is 2.18. The van der Waals surface area contributed by atoms with Crippen LogP contribution in [0.5, 0.6) is 5.75 Å². The van der Waals surface area contributed by atoms with Gasteiger partial charge in [-0.1, -0.05) is 0 Å². The van der Waals surface area contributed by atoms with Gasteiger partial charge in [-0.25, -0.2) is 0 Å². The molecule has 62 valence electrons. The molecule has 1 rings (SSSR count). The zero-order valence-electron chi connectivity index (χ0n) is 6.07. The molecule has 5 heteroatoms. The quantitative estimate of drug-likeness (QED) is 0.543. The first-order valence-electron chi connectivity index (χ1n) is 3.24. The first kappa shape index (κ1) is 8.43. The van der Waals surface area contributed by atoms with Gasteiger partial charge in [0.1, 0.15) is 0 Å². The molecule has 1 aromatic rings. The molecule has 0 spiro atoms. The van der Waals surface area contributed by atoms with Crippen LogP contribution in [0.25, 0.3) is 0 Å². The molecule has 0 aliphatic carbocycles. The van der Waals surface area contributed by atoms with Crippen LogP contribution in [0.4, 0.5) is 0 Å². The molecule has 0 heterocycles. The fraction of sp³-hybridized carbons (Fsp3) is 0.286. The van der Waals surface area contributed by atoms with Gasteiger partial charge in [0.2, 0.25) is 5.43 Å². The van der Waals surface area contributed by atoms with Crippen LogP contribution in [0.3, 0.4) is 0 Å². The third-order valence-electron chi connectivity index (χ3n) is 1.60. The number of nitrogens with two attached hydrogens (primary N) is 1. The van der Waals surface area contributed by atoms with E-state index in [1.807, 2.05) is 0 Å². The maximum atomic E-state index is 10.7. The Morgan fingerprint density at radius 1 is 1.50 bits per heavy atom. The van der Waals surface area contributed by atoms with Crippen LogP contribution in [0.15, 0.2) is 9.59 Å². The minimum Gasteiger partial charge on any atom is -0.504 e. The lowest BCUT2D eigenvalue weighted by Gasteiger charge is -2.09. The van der Waals surface area contributed by atoms with Crippen LogP contribution < -0.4 is 16.6 Å². The smallest absolute Gasteiger partial charge is 0.268 e. The molecule has 0 aromatic heterocycles. The van der Waals surface area contributed by atoms with Crippen molar-refractivity contribution in [2.24, 2.45) is 5.73 Å². The number of hydrogen-bond donors (Lipinski definition) is 2. The molecular formula is C7H6N2O3. The van der Waals surface area contributed by atoms with E-state index in [0.29, 0.717) is 0 Å². The van der Waals surface area contributed by atoms with Crippen LogP contribution in [-0.4, -0.2) is 5.11 Å². The molecule has 1 atom stereocenters. The molecule has 5 nitrogen and oxygen atoms in total. The van der Waals surface area contributed by atoms with Crippen LogP contribution in [0.1, 0.15) is 18.0 Å². The van der Waals surface area contributed by atoms with Gasteiger partial charge < -0.3 is 10.8 Å². The second kappa shape index (κ2) is 2.75. The third kappa shape index (κ3) is 0.984. The Hall–Kier alpha value is -1.67. The van der Waals surface area contributed by atoms with Crippen LogP contribution >= 0.6 is 0 Å². The fourth-order valence-electron chi connectivity index (χ4n) is 0.942. The van der Waals surface area contributed by atoms with Crippen molar-refractivity contribution in [1.29, 1.82) is 5.26 Å². The zero-order chi connectivity index (χ0) is 9.30. The summed E-state index contributed by atoms with van der Waals surface area (Å²) >= 11 is 0. The minimum absolute atomic E-state index is 0.0849. The largest absolute Gasteiger partial charge is 0.504 e. The lowest BCUT2D eigenvalue weighted by Crippen LogP contribution is -2.38. The molecule has 12 heavy (non-hydrogen) atoms. The summed E-state index contributed by atoms with van der Waals surface area (Å²) < 4.78 is 0. The summed E-state index contributed by atoms with van der Waals surface area (Å²) in [6, 6.07) is 0.892. The average Bonchev–Trinajstić information content (AvgIpc) is 2.05. The summed E-state index contributed by atoms with van der Waals surface area (Å²) in [5.41, 5.74) is 3.50. The van der Waals surface area contributed by atoms with Crippen molar-refractivity contribution in [1.82, 2.24) is 0 Å². The SMILES string of the molecule is N#CC[C@@H](N)c1c(O)c(=O)c1=O. The second-order valence-corrected chi connectivity index (χ2v) is 2.39. The molecule has 1 aromatic carbocycles. The van der Waals surface area contributed by atoms with Gasteiger partial charge >= 0.3 is 0 Å². The zero-order valence-corrected chi connectivity index (χ0v) is 6.07. The van der Waals surface area contributed by atoms with Crippen molar-refractivity contribution >= 4 is 0 Å². The van der Waals surface area contributed by atoms with E-state index in [1.54, 1.807) is 6.07 Å². The number of aromatic hydroxyl groups is 1. The van der Waals surface area contributed by atoms with E-state index < -0.39 is 22.6 Å². The van der Waals surface area contributed by atoms with Crippen molar-refractivity contribution in [3.8, 4) is 11.8 Å². The summed E-state index contributed by atoms with van der Waals surface area (Å²) in [7, 11) is 0. The lowest BCUT2D eigenvalue weighted by atomic mass is 10.00. The molecule has 0 fully saturated rings. The van der Waals surface area contributed by atoms with E-state index in [-0.39, 0.29) is 12.0 Å². The Bertz CT molecular complexity index is 409. The Morgan fingerprint density at radius 3 is 2.50 bits per heavy atom.